The smallest absolute Gasteiger partial charge is 0.309 e. The summed E-state index contributed by atoms with van der Waals surface area (Å²) in [6.07, 6.45) is 7.93. The lowest BCUT2D eigenvalue weighted by Gasteiger charge is -2.31. The summed E-state index contributed by atoms with van der Waals surface area (Å²) in [5, 5.41) is 0. The summed E-state index contributed by atoms with van der Waals surface area (Å²) in [5.74, 6) is 0.533. The Balaban J connectivity index is 2.15. The van der Waals surface area contributed by atoms with Crippen LogP contribution in [0.1, 0.15) is 72.1 Å². The van der Waals surface area contributed by atoms with Crippen LogP contribution in [0.3, 0.4) is 0 Å². The molecule has 0 aromatic carbocycles. The highest BCUT2D eigenvalue weighted by molar-refractivity contribution is 5.77. The first-order chi connectivity index (χ1) is 10.5. The SMILES string of the molecule is CCCCCCCOC(=O)C1CCN(C(=O)CC(C)C)CC1. The summed E-state index contributed by atoms with van der Waals surface area (Å²) in [4.78, 5) is 25.9. The minimum atomic E-state index is -0.0635. The maximum Gasteiger partial charge on any atom is 0.309 e. The highest BCUT2D eigenvalue weighted by Gasteiger charge is 2.28. The van der Waals surface area contributed by atoms with Crippen LogP contribution in [0.2, 0.25) is 0 Å². The van der Waals surface area contributed by atoms with Crippen LogP contribution >= 0.6 is 0 Å². The molecule has 0 aromatic heterocycles. The molecule has 22 heavy (non-hydrogen) atoms. The number of esters is 1. The molecule has 0 aromatic rings. The van der Waals surface area contributed by atoms with Gasteiger partial charge in [-0.15, -0.1) is 0 Å². The zero-order chi connectivity index (χ0) is 16.4. The Morgan fingerprint density at radius 1 is 1.09 bits per heavy atom. The lowest BCUT2D eigenvalue weighted by molar-refractivity contribution is -0.152. The van der Waals surface area contributed by atoms with Gasteiger partial charge in [-0.3, -0.25) is 9.59 Å². The van der Waals surface area contributed by atoms with E-state index < -0.39 is 0 Å². The molecule has 4 nitrogen and oxygen atoms in total. The Labute approximate surface area is 135 Å². The van der Waals surface area contributed by atoms with Gasteiger partial charge in [-0.2, -0.15) is 0 Å². The van der Waals surface area contributed by atoms with Gasteiger partial charge in [-0.1, -0.05) is 46.5 Å². The number of amides is 1. The maximum absolute atomic E-state index is 12.0. The minimum Gasteiger partial charge on any atom is -0.465 e. The average Bonchev–Trinajstić information content (AvgIpc) is 2.50. The molecule has 1 amide bonds. The van der Waals surface area contributed by atoms with Gasteiger partial charge in [-0.05, 0) is 25.2 Å². The number of hydrogen-bond donors (Lipinski definition) is 0. The molecule has 0 bridgehead atoms. The number of piperidine rings is 1. The summed E-state index contributed by atoms with van der Waals surface area (Å²) < 4.78 is 5.38. The van der Waals surface area contributed by atoms with Crippen molar-refractivity contribution < 1.29 is 14.3 Å². The number of unbranched alkanes of at least 4 members (excludes halogenated alkanes) is 4. The molecule has 1 aliphatic rings. The van der Waals surface area contributed by atoms with Gasteiger partial charge in [-0.25, -0.2) is 0 Å². The van der Waals surface area contributed by atoms with Crippen molar-refractivity contribution in [1.29, 1.82) is 0 Å². The monoisotopic (exact) mass is 311 g/mol. The van der Waals surface area contributed by atoms with E-state index in [-0.39, 0.29) is 17.8 Å². The van der Waals surface area contributed by atoms with Crippen LogP contribution in [0.4, 0.5) is 0 Å². The van der Waals surface area contributed by atoms with Crippen molar-refractivity contribution in [3.05, 3.63) is 0 Å². The quantitative estimate of drug-likeness (QED) is 0.481. The normalized spacial score (nSPS) is 16.1. The van der Waals surface area contributed by atoms with Crippen molar-refractivity contribution in [2.45, 2.75) is 72.1 Å². The molecule has 0 aliphatic carbocycles. The number of nitrogens with zero attached hydrogens (tertiary/aromatic N) is 1. The van der Waals surface area contributed by atoms with Gasteiger partial charge in [0.2, 0.25) is 5.91 Å². The van der Waals surface area contributed by atoms with Gasteiger partial charge in [0.25, 0.3) is 0 Å². The number of hydrogen-bond acceptors (Lipinski definition) is 3. The Hall–Kier alpha value is -1.06. The first-order valence-electron chi connectivity index (χ1n) is 8.99. The molecule has 1 saturated heterocycles. The molecule has 0 N–H and O–H groups in total. The van der Waals surface area contributed by atoms with Gasteiger partial charge in [0.1, 0.15) is 0 Å². The predicted molar refractivity (Wildman–Crippen MR) is 88.5 cm³/mol. The summed E-state index contributed by atoms with van der Waals surface area (Å²) in [5.41, 5.74) is 0. The van der Waals surface area contributed by atoms with Crippen molar-refractivity contribution in [3.8, 4) is 0 Å². The van der Waals surface area contributed by atoms with Crippen LogP contribution in [-0.4, -0.2) is 36.5 Å². The second kappa shape index (κ2) is 10.6. The van der Waals surface area contributed by atoms with E-state index in [1.807, 2.05) is 4.90 Å². The molecule has 0 saturated carbocycles. The molecular formula is C18H33NO3. The fourth-order valence-corrected chi connectivity index (χ4v) is 2.84. The Morgan fingerprint density at radius 3 is 2.32 bits per heavy atom. The zero-order valence-corrected chi connectivity index (χ0v) is 14.6. The van der Waals surface area contributed by atoms with Gasteiger partial charge in [0, 0.05) is 19.5 Å². The van der Waals surface area contributed by atoms with E-state index in [0.717, 1.165) is 25.7 Å². The van der Waals surface area contributed by atoms with Crippen LogP contribution in [0, 0.1) is 11.8 Å². The predicted octanol–water partition coefficient (Wildman–Crippen LogP) is 3.78. The van der Waals surface area contributed by atoms with Crippen LogP contribution in [0.15, 0.2) is 0 Å². The molecule has 0 spiro atoms. The van der Waals surface area contributed by atoms with Crippen molar-refractivity contribution in [2.24, 2.45) is 11.8 Å². The largest absolute Gasteiger partial charge is 0.465 e. The molecule has 4 heteroatoms. The first-order valence-corrected chi connectivity index (χ1v) is 8.99. The molecule has 1 heterocycles. The van der Waals surface area contributed by atoms with E-state index >= 15 is 0 Å². The van der Waals surface area contributed by atoms with Gasteiger partial charge in [0.15, 0.2) is 0 Å². The van der Waals surface area contributed by atoms with Crippen LogP contribution < -0.4 is 0 Å². The third-order valence-corrected chi connectivity index (χ3v) is 4.26. The second-order valence-corrected chi connectivity index (χ2v) is 6.83. The van der Waals surface area contributed by atoms with Gasteiger partial charge < -0.3 is 9.64 Å². The molecule has 0 atom stereocenters. The number of ether oxygens (including phenoxy) is 1. The number of carbonyl (C=O) groups excluding carboxylic acids is 2. The van der Waals surface area contributed by atoms with Crippen LogP contribution in [0.25, 0.3) is 0 Å². The second-order valence-electron chi connectivity index (χ2n) is 6.83. The van der Waals surface area contributed by atoms with Gasteiger partial charge >= 0.3 is 5.97 Å². The van der Waals surface area contributed by atoms with E-state index in [4.69, 9.17) is 4.74 Å². The summed E-state index contributed by atoms with van der Waals surface area (Å²) in [7, 11) is 0. The topological polar surface area (TPSA) is 46.6 Å². The van der Waals surface area contributed by atoms with E-state index in [0.29, 0.717) is 32.0 Å². The standard InChI is InChI=1S/C18H33NO3/c1-4-5-6-7-8-13-22-18(21)16-9-11-19(12-10-16)17(20)14-15(2)3/h15-16H,4-14H2,1-3H3. The number of rotatable bonds is 9. The van der Waals surface area contributed by atoms with E-state index in [1.54, 1.807) is 0 Å². The fraction of sp³-hybridized carbons (Fsp3) is 0.889. The maximum atomic E-state index is 12.0. The molecule has 1 fully saturated rings. The molecule has 1 rings (SSSR count). The molecule has 0 radical (unpaired) electrons. The third-order valence-electron chi connectivity index (χ3n) is 4.26. The van der Waals surface area contributed by atoms with Gasteiger partial charge in [0.05, 0.1) is 12.5 Å². The number of likely N-dealkylation sites (tertiary alicyclic amines) is 1. The van der Waals surface area contributed by atoms with Crippen molar-refractivity contribution in [2.75, 3.05) is 19.7 Å². The highest BCUT2D eigenvalue weighted by atomic mass is 16.5. The molecule has 128 valence electrons. The van der Waals surface area contributed by atoms with Crippen molar-refractivity contribution in [3.63, 3.8) is 0 Å². The number of carbonyl (C=O) groups is 2. The Bertz CT molecular complexity index is 333. The third kappa shape index (κ3) is 7.28. The molecular weight excluding hydrogens is 278 g/mol. The Kier molecular flexibility index (Phi) is 9.17. The minimum absolute atomic E-state index is 0.0151. The fourth-order valence-electron chi connectivity index (χ4n) is 2.84. The Morgan fingerprint density at radius 2 is 1.73 bits per heavy atom. The summed E-state index contributed by atoms with van der Waals surface area (Å²) in [6.45, 7) is 8.25. The van der Waals surface area contributed by atoms with E-state index in [2.05, 4.69) is 20.8 Å². The van der Waals surface area contributed by atoms with Crippen LogP contribution in [0.5, 0.6) is 0 Å². The lowest BCUT2D eigenvalue weighted by Crippen LogP contribution is -2.41. The van der Waals surface area contributed by atoms with E-state index in [9.17, 15) is 9.59 Å². The lowest BCUT2D eigenvalue weighted by atomic mass is 9.96. The average molecular weight is 311 g/mol. The van der Waals surface area contributed by atoms with Crippen molar-refractivity contribution >= 4 is 11.9 Å². The van der Waals surface area contributed by atoms with E-state index in [1.165, 1.54) is 19.3 Å². The zero-order valence-electron chi connectivity index (χ0n) is 14.6. The van der Waals surface area contributed by atoms with Crippen LogP contribution in [-0.2, 0) is 14.3 Å². The highest BCUT2D eigenvalue weighted by Crippen LogP contribution is 2.20. The molecule has 1 aliphatic heterocycles. The molecule has 0 unspecified atom stereocenters. The first kappa shape index (κ1) is 19.0. The summed E-state index contributed by atoms with van der Waals surface area (Å²) >= 11 is 0. The van der Waals surface area contributed by atoms with Crippen molar-refractivity contribution in [1.82, 2.24) is 4.90 Å². The summed E-state index contributed by atoms with van der Waals surface area (Å²) in [6, 6.07) is 0.